The topological polar surface area (TPSA) is 96.6 Å². The number of phenolic OH excluding ortho intramolecular Hbond substituents is 1. The van der Waals surface area contributed by atoms with Crippen molar-refractivity contribution in [3.05, 3.63) is 82.0 Å². The number of thiophene rings is 1. The third kappa shape index (κ3) is 4.47. The Bertz CT molecular complexity index is 1310. The van der Waals surface area contributed by atoms with E-state index in [4.69, 9.17) is 4.42 Å². The van der Waals surface area contributed by atoms with Gasteiger partial charge < -0.3 is 9.52 Å². The third-order valence-electron chi connectivity index (χ3n) is 4.05. The molecule has 2 N–H and O–H groups in total. The van der Waals surface area contributed by atoms with Crippen LogP contribution in [0.25, 0.3) is 11.0 Å². The van der Waals surface area contributed by atoms with Crippen LogP contribution in [-0.4, -0.2) is 13.5 Å². The van der Waals surface area contributed by atoms with Crippen molar-refractivity contribution in [2.75, 3.05) is 4.72 Å². The Morgan fingerprint density at radius 2 is 1.86 bits per heavy atom. The number of aromatic hydroxyl groups is 1. The molecule has 2 aromatic heterocycles. The third-order valence-corrected chi connectivity index (χ3v) is 7.89. The minimum absolute atomic E-state index is 0.0394. The smallest absolute Gasteiger partial charge is 0.340 e. The summed E-state index contributed by atoms with van der Waals surface area (Å²) in [6, 6.07) is 16.6. The number of benzene rings is 2. The molecule has 0 aliphatic heterocycles. The van der Waals surface area contributed by atoms with Crippen molar-refractivity contribution >= 4 is 49.8 Å². The van der Waals surface area contributed by atoms with Crippen LogP contribution in [0.1, 0.15) is 5.56 Å². The molecule has 2 aromatic carbocycles. The molecule has 0 unspecified atom stereocenters. The Labute approximate surface area is 174 Å². The second-order valence-electron chi connectivity index (χ2n) is 6.13. The molecule has 0 atom stereocenters. The van der Waals surface area contributed by atoms with Gasteiger partial charge in [-0.3, -0.25) is 4.72 Å². The van der Waals surface area contributed by atoms with Crippen LogP contribution in [0.4, 0.5) is 5.69 Å². The van der Waals surface area contributed by atoms with Gasteiger partial charge in [-0.2, -0.15) is 0 Å². The predicted octanol–water partition coefficient (Wildman–Crippen LogP) is 4.65. The molecule has 0 aliphatic rings. The zero-order chi connectivity index (χ0) is 20.4. The van der Waals surface area contributed by atoms with Gasteiger partial charge >= 0.3 is 5.63 Å². The molecule has 4 rings (SSSR count). The Balaban J connectivity index is 1.46. The van der Waals surface area contributed by atoms with E-state index in [-0.39, 0.29) is 9.96 Å². The maximum Gasteiger partial charge on any atom is 0.340 e. The predicted molar refractivity (Wildman–Crippen MR) is 115 cm³/mol. The first-order chi connectivity index (χ1) is 13.9. The Morgan fingerprint density at radius 1 is 1.07 bits per heavy atom. The van der Waals surface area contributed by atoms with Gasteiger partial charge in [-0.1, -0.05) is 6.07 Å². The van der Waals surface area contributed by atoms with Gasteiger partial charge in [0.2, 0.25) is 0 Å². The number of fused-ring (bicyclic) bond motifs is 1. The van der Waals surface area contributed by atoms with E-state index in [1.54, 1.807) is 53.9 Å². The van der Waals surface area contributed by atoms with E-state index in [2.05, 4.69) is 4.72 Å². The number of thioether (sulfide) groups is 1. The Hall–Kier alpha value is -2.75. The Kier molecular flexibility index (Phi) is 5.35. The van der Waals surface area contributed by atoms with Crippen LogP contribution in [0.5, 0.6) is 5.75 Å². The zero-order valence-electron chi connectivity index (χ0n) is 14.9. The number of hydrogen-bond acceptors (Lipinski definition) is 7. The minimum atomic E-state index is -3.58. The molecule has 0 amide bonds. The summed E-state index contributed by atoms with van der Waals surface area (Å²) in [6.45, 7) is 0. The first-order valence-corrected chi connectivity index (χ1v) is 11.8. The summed E-state index contributed by atoms with van der Waals surface area (Å²) < 4.78 is 32.6. The lowest BCUT2D eigenvalue weighted by Gasteiger charge is -2.07. The molecule has 0 radical (unpaired) electrons. The summed E-state index contributed by atoms with van der Waals surface area (Å²) >= 11 is 2.59. The highest BCUT2D eigenvalue weighted by Crippen LogP contribution is 2.27. The lowest BCUT2D eigenvalue weighted by atomic mass is 10.2. The highest BCUT2D eigenvalue weighted by Gasteiger charge is 2.15. The van der Waals surface area contributed by atoms with Crippen molar-refractivity contribution in [3.63, 3.8) is 0 Å². The molecule has 9 heteroatoms. The van der Waals surface area contributed by atoms with Crippen LogP contribution in [-0.2, 0) is 15.8 Å². The van der Waals surface area contributed by atoms with E-state index in [0.29, 0.717) is 22.6 Å². The van der Waals surface area contributed by atoms with E-state index in [1.807, 2.05) is 0 Å². The molecule has 29 heavy (non-hydrogen) atoms. The minimum Gasteiger partial charge on any atom is -0.508 e. The van der Waals surface area contributed by atoms with Gasteiger partial charge in [-0.15, -0.1) is 23.1 Å². The van der Waals surface area contributed by atoms with E-state index < -0.39 is 15.6 Å². The largest absolute Gasteiger partial charge is 0.508 e. The molecule has 0 spiro atoms. The fourth-order valence-electron chi connectivity index (χ4n) is 2.65. The average molecular weight is 446 g/mol. The molecule has 2 heterocycles. The fourth-order valence-corrected chi connectivity index (χ4v) is 5.55. The average Bonchev–Trinajstić information content (AvgIpc) is 3.23. The number of phenols is 1. The van der Waals surface area contributed by atoms with Gasteiger partial charge in [0, 0.05) is 33.4 Å². The van der Waals surface area contributed by atoms with Crippen LogP contribution in [0.3, 0.4) is 0 Å². The van der Waals surface area contributed by atoms with Crippen molar-refractivity contribution in [1.29, 1.82) is 0 Å². The highest BCUT2D eigenvalue weighted by molar-refractivity contribution is 7.98. The van der Waals surface area contributed by atoms with E-state index >= 15 is 0 Å². The number of rotatable bonds is 6. The van der Waals surface area contributed by atoms with Crippen LogP contribution in [0.15, 0.2) is 84.4 Å². The number of hydrogen-bond donors (Lipinski definition) is 2. The van der Waals surface area contributed by atoms with Crippen molar-refractivity contribution in [3.8, 4) is 5.75 Å². The molecular formula is C20H15NO5S3. The molecular weight excluding hydrogens is 430 g/mol. The highest BCUT2D eigenvalue weighted by atomic mass is 32.2. The Morgan fingerprint density at radius 3 is 2.59 bits per heavy atom. The van der Waals surface area contributed by atoms with Crippen molar-refractivity contribution in [2.45, 2.75) is 14.9 Å². The molecule has 0 saturated heterocycles. The van der Waals surface area contributed by atoms with Gasteiger partial charge in [-0.25, -0.2) is 13.2 Å². The molecule has 0 aliphatic carbocycles. The first-order valence-electron chi connectivity index (χ1n) is 8.46. The summed E-state index contributed by atoms with van der Waals surface area (Å²) in [4.78, 5) is 13.0. The lowest BCUT2D eigenvalue weighted by molar-refractivity contribution is 0.473. The van der Waals surface area contributed by atoms with E-state index in [9.17, 15) is 18.3 Å². The van der Waals surface area contributed by atoms with Crippen LogP contribution >= 0.6 is 23.1 Å². The summed E-state index contributed by atoms with van der Waals surface area (Å²) in [5.41, 5.74) is 0.866. The fraction of sp³-hybridized carbons (Fsp3) is 0.0500. The quantitative estimate of drug-likeness (QED) is 0.331. The first kappa shape index (κ1) is 19.6. The van der Waals surface area contributed by atoms with Crippen molar-refractivity contribution in [1.82, 2.24) is 0 Å². The van der Waals surface area contributed by atoms with Crippen LogP contribution in [0, 0.1) is 0 Å². The van der Waals surface area contributed by atoms with Gasteiger partial charge in [0.1, 0.15) is 15.5 Å². The summed E-state index contributed by atoms with van der Waals surface area (Å²) in [5, 5.41) is 11.9. The summed E-state index contributed by atoms with van der Waals surface area (Å²) in [6.07, 6.45) is 0. The second kappa shape index (κ2) is 7.94. The number of anilines is 1. The molecule has 0 fully saturated rings. The van der Waals surface area contributed by atoms with Gasteiger partial charge in [0.25, 0.3) is 10.0 Å². The standard InChI is InChI=1S/C20H15NO5S3/c22-16-6-3-13-10-14(20(23)26-18(13)11-16)12-28-17-7-4-15(5-8-17)21-29(24,25)19-2-1-9-27-19/h1-11,21-22H,12H2. The molecule has 0 bridgehead atoms. The summed E-state index contributed by atoms with van der Waals surface area (Å²) in [5.74, 6) is 0.442. The normalized spacial score (nSPS) is 11.6. The zero-order valence-corrected chi connectivity index (χ0v) is 17.3. The lowest BCUT2D eigenvalue weighted by Crippen LogP contribution is -2.11. The van der Waals surface area contributed by atoms with Crippen molar-refractivity contribution < 1.29 is 17.9 Å². The van der Waals surface area contributed by atoms with E-state index in [1.165, 1.54) is 23.9 Å². The molecule has 148 valence electrons. The van der Waals surface area contributed by atoms with Crippen molar-refractivity contribution in [2.24, 2.45) is 0 Å². The maximum absolute atomic E-state index is 12.3. The molecule has 6 nitrogen and oxygen atoms in total. The van der Waals surface area contributed by atoms with Gasteiger partial charge in [0.15, 0.2) is 0 Å². The maximum atomic E-state index is 12.3. The van der Waals surface area contributed by atoms with Gasteiger partial charge in [-0.05, 0) is 53.9 Å². The van der Waals surface area contributed by atoms with Crippen LogP contribution in [0.2, 0.25) is 0 Å². The summed E-state index contributed by atoms with van der Waals surface area (Å²) in [7, 11) is -3.58. The monoisotopic (exact) mass is 445 g/mol. The second-order valence-corrected chi connectivity index (χ2v) is 10.0. The SMILES string of the molecule is O=c1oc2cc(O)ccc2cc1CSc1ccc(NS(=O)(=O)c2cccs2)cc1. The van der Waals surface area contributed by atoms with Gasteiger partial charge in [0.05, 0.1) is 0 Å². The number of sulfonamides is 1. The van der Waals surface area contributed by atoms with E-state index in [0.717, 1.165) is 21.6 Å². The van der Waals surface area contributed by atoms with Crippen LogP contribution < -0.4 is 10.3 Å². The number of nitrogens with one attached hydrogen (secondary N) is 1. The molecule has 0 saturated carbocycles. The molecule has 4 aromatic rings.